The summed E-state index contributed by atoms with van der Waals surface area (Å²) in [6, 6.07) is 12.9. The number of para-hydroxylation sites is 1. The zero-order valence-electron chi connectivity index (χ0n) is 26.2. The summed E-state index contributed by atoms with van der Waals surface area (Å²) in [5.74, 6) is 1.32. The van der Waals surface area contributed by atoms with Crippen molar-refractivity contribution >= 4 is 28.2 Å². The number of hydrogen-bond donors (Lipinski definition) is 2. The van der Waals surface area contributed by atoms with Crippen LogP contribution in [0.1, 0.15) is 78.8 Å². The summed E-state index contributed by atoms with van der Waals surface area (Å²) in [4.78, 5) is 30.5. The fourth-order valence-electron chi connectivity index (χ4n) is 7.98. The Kier molecular flexibility index (Phi) is 7.21. The van der Waals surface area contributed by atoms with Crippen molar-refractivity contribution in [3.63, 3.8) is 0 Å². The quantitative estimate of drug-likeness (QED) is 0.330. The van der Waals surface area contributed by atoms with E-state index >= 15 is 0 Å². The number of aliphatic hydroxyl groups excluding tert-OH is 1. The topological polar surface area (TPSA) is 109 Å². The van der Waals surface area contributed by atoms with E-state index in [0.717, 1.165) is 87.2 Å². The van der Waals surface area contributed by atoms with E-state index in [1.807, 2.05) is 32.6 Å². The van der Waals surface area contributed by atoms with Gasteiger partial charge in [-0.1, -0.05) is 18.2 Å². The average Bonchev–Trinajstić information content (AvgIpc) is 3.69. The van der Waals surface area contributed by atoms with Crippen LogP contribution in [0.25, 0.3) is 27.8 Å². The number of benzene rings is 1. The van der Waals surface area contributed by atoms with Crippen LogP contribution in [0.4, 0.5) is 0 Å². The minimum atomic E-state index is -0.246. The first kappa shape index (κ1) is 28.8. The Balaban J connectivity index is 1.11. The van der Waals surface area contributed by atoms with E-state index in [-0.39, 0.29) is 29.9 Å². The van der Waals surface area contributed by atoms with Crippen LogP contribution >= 0.6 is 0 Å². The Morgan fingerprint density at radius 1 is 0.978 bits per heavy atom. The Hall–Kier alpha value is -3.69. The molecule has 5 heterocycles. The fourth-order valence-corrected chi connectivity index (χ4v) is 7.98. The Labute approximate surface area is 264 Å². The van der Waals surface area contributed by atoms with Crippen LogP contribution in [-0.2, 0) is 11.3 Å². The second kappa shape index (κ2) is 11.3. The molecule has 3 N–H and O–H groups in total. The van der Waals surface area contributed by atoms with Crippen LogP contribution < -0.4 is 5.73 Å². The van der Waals surface area contributed by atoms with Gasteiger partial charge < -0.3 is 25.2 Å². The standard InChI is InChI=1S/C36H44N6O3/c1-22-31-14-11-26(36(45)39-15-3-5-28(37)21-39)20-42(31)38-33(22)32-16-25-4-2-6-30(34(25)41(32)17-23-7-8-23)27-18-40(19-27)35(44)24-9-12-29(43)13-10-24/h2,4,6,11,14,16,20,23-24,27-29,43H,3,5,7-10,12-13,15,17-19,21,37H2,1H3/t24?,28-,29?/m1/s1. The molecule has 2 amide bonds. The van der Waals surface area contributed by atoms with Crippen molar-refractivity contribution in [2.24, 2.45) is 17.6 Å². The number of pyridine rings is 1. The van der Waals surface area contributed by atoms with Gasteiger partial charge in [0.25, 0.3) is 5.91 Å². The van der Waals surface area contributed by atoms with Crippen molar-refractivity contribution in [1.82, 2.24) is 24.0 Å². The monoisotopic (exact) mass is 608 g/mol. The van der Waals surface area contributed by atoms with Gasteiger partial charge in [-0.05, 0) is 88.0 Å². The summed E-state index contributed by atoms with van der Waals surface area (Å²) in [5, 5.41) is 16.2. The number of nitrogens with two attached hydrogens (primary N) is 1. The van der Waals surface area contributed by atoms with Crippen LogP contribution in [0, 0.1) is 18.8 Å². The lowest BCUT2D eigenvalue weighted by molar-refractivity contribution is -0.141. The summed E-state index contributed by atoms with van der Waals surface area (Å²) in [7, 11) is 0. The van der Waals surface area contributed by atoms with Crippen LogP contribution in [0.2, 0.25) is 0 Å². The first-order valence-electron chi connectivity index (χ1n) is 17.0. The molecule has 0 radical (unpaired) electrons. The molecule has 4 aliphatic rings. The molecule has 1 atom stereocenters. The molecular weight excluding hydrogens is 564 g/mol. The molecule has 4 aromatic rings. The van der Waals surface area contributed by atoms with Crippen molar-refractivity contribution in [3.8, 4) is 11.4 Å². The van der Waals surface area contributed by atoms with Crippen molar-refractivity contribution in [1.29, 1.82) is 0 Å². The smallest absolute Gasteiger partial charge is 0.255 e. The van der Waals surface area contributed by atoms with Gasteiger partial charge in [-0.15, -0.1) is 0 Å². The molecule has 2 aliphatic heterocycles. The number of rotatable bonds is 6. The molecule has 236 valence electrons. The molecule has 3 aromatic heterocycles. The molecule has 45 heavy (non-hydrogen) atoms. The lowest BCUT2D eigenvalue weighted by Gasteiger charge is -2.42. The van der Waals surface area contributed by atoms with E-state index in [1.165, 1.54) is 29.3 Å². The van der Waals surface area contributed by atoms with Gasteiger partial charge in [0.15, 0.2) is 0 Å². The fraction of sp³-hybridized carbons (Fsp3) is 0.528. The number of carbonyl (C=O) groups is 2. The van der Waals surface area contributed by atoms with Gasteiger partial charge in [0, 0.05) is 67.7 Å². The maximum Gasteiger partial charge on any atom is 0.255 e. The number of nitrogens with zero attached hydrogens (tertiary/aromatic N) is 5. The van der Waals surface area contributed by atoms with Crippen molar-refractivity contribution in [2.45, 2.75) is 82.9 Å². The molecule has 9 nitrogen and oxygen atoms in total. The second-order valence-corrected chi connectivity index (χ2v) is 14.2. The van der Waals surface area contributed by atoms with Gasteiger partial charge in [0.1, 0.15) is 5.69 Å². The number of likely N-dealkylation sites (tertiary alicyclic amines) is 2. The molecule has 0 unspecified atom stereocenters. The number of amides is 2. The summed E-state index contributed by atoms with van der Waals surface area (Å²) >= 11 is 0. The minimum Gasteiger partial charge on any atom is -0.393 e. The predicted octanol–water partition coefficient (Wildman–Crippen LogP) is 4.71. The zero-order valence-corrected chi connectivity index (χ0v) is 26.2. The number of fused-ring (bicyclic) bond motifs is 2. The third-order valence-corrected chi connectivity index (χ3v) is 10.9. The SMILES string of the molecule is Cc1c(-c2cc3cccc(C4CN(C(=O)C5CCC(O)CC5)C4)c3n2CC2CC2)nn2cc(C(=O)N3CCC[C@@H](N)C3)ccc12. The molecule has 0 bridgehead atoms. The normalized spacial score (nSPS) is 24.4. The molecular formula is C36H44N6O3. The van der Waals surface area contributed by atoms with E-state index in [9.17, 15) is 14.7 Å². The molecule has 9 heteroatoms. The molecule has 2 saturated heterocycles. The third kappa shape index (κ3) is 5.23. The van der Waals surface area contributed by atoms with Crippen LogP contribution in [0.3, 0.4) is 0 Å². The molecule has 1 aromatic carbocycles. The Morgan fingerprint density at radius 3 is 2.53 bits per heavy atom. The summed E-state index contributed by atoms with van der Waals surface area (Å²) < 4.78 is 4.37. The van der Waals surface area contributed by atoms with Crippen LogP contribution in [0.15, 0.2) is 42.6 Å². The van der Waals surface area contributed by atoms with Gasteiger partial charge in [-0.2, -0.15) is 5.10 Å². The number of aromatic nitrogens is 3. The van der Waals surface area contributed by atoms with E-state index in [2.05, 4.69) is 35.8 Å². The summed E-state index contributed by atoms with van der Waals surface area (Å²) in [5.41, 5.74) is 13.6. The number of aryl methyl sites for hydroxylation is 1. The predicted molar refractivity (Wildman–Crippen MR) is 174 cm³/mol. The lowest BCUT2D eigenvalue weighted by Crippen LogP contribution is -2.51. The van der Waals surface area contributed by atoms with Crippen molar-refractivity contribution < 1.29 is 14.7 Å². The molecule has 2 aliphatic carbocycles. The summed E-state index contributed by atoms with van der Waals surface area (Å²) in [6.45, 7) is 5.95. The van der Waals surface area contributed by atoms with E-state index in [0.29, 0.717) is 23.9 Å². The zero-order chi connectivity index (χ0) is 30.8. The first-order chi connectivity index (χ1) is 21.8. The highest BCUT2D eigenvalue weighted by molar-refractivity contribution is 5.95. The highest BCUT2D eigenvalue weighted by atomic mass is 16.3. The first-order valence-corrected chi connectivity index (χ1v) is 17.0. The maximum atomic E-state index is 13.3. The number of carbonyl (C=O) groups excluding carboxylic acids is 2. The Bertz CT molecular complexity index is 1770. The molecule has 0 spiro atoms. The van der Waals surface area contributed by atoms with Gasteiger partial charge in [0.2, 0.25) is 5.91 Å². The van der Waals surface area contributed by atoms with Gasteiger partial charge in [-0.3, -0.25) is 9.59 Å². The van der Waals surface area contributed by atoms with Crippen LogP contribution in [-0.4, -0.2) is 79.2 Å². The van der Waals surface area contributed by atoms with Crippen molar-refractivity contribution in [3.05, 3.63) is 59.3 Å². The van der Waals surface area contributed by atoms with Gasteiger partial charge >= 0.3 is 0 Å². The lowest BCUT2D eigenvalue weighted by atomic mass is 9.83. The summed E-state index contributed by atoms with van der Waals surface area (Å²) in [6.07, 6.45) is 9.09. The van der Waals surface area contributed by atoms with E-state index in [1.54, 1.807) is 0 Å². The second-order valence-electron chi connectivity index (χ2n) is 14.2. The highest BCUT2D eigenvalue weighted by Crippen LogP contribution is 2.41. The van der Waals surface area contributed by atoms with Crippen LogP contribution in [0.5, 0.6) is 0 Å². The van der Waals surface area contributed by atoms with Gasteiger partial charge in [-0.25, -0.2) is 4.52 Å². The molecule has 8 rings (SSSR count). The Morgan fingerprint density at radius 2 is 1.78 bits per heavy atom. The average molecular weight is 609 g/mol. The largest absolute Gasteiger partial charge is 0.393 e. The maximum absolute atomic E-state index is 13.3. The highest BCUT2D eigenvalue weighted by Gasteiger charge is 2.38. The van der Waals surface area contributed by atoms with Crippen molar-refractivity contribution in [2.75, 3.05) is 26.2 Å². The number of aliphatic hydroxyl groups is 1. The number of piperidine rings is 1. The molecule has 2 saturated carbocycles. The number of hydrogen-bond acceptors (Lipinski definition) is 5. The van der Waals surface area contributed by atoms with E-state index in [4.69, 9.17) is 10.8 Å². The molecule has 4 fully saturated rings. The minimum absolute atomic E-state index is 0.0170. The van der Waals surface area contributed by atoms with E-state index < -0.39 is 0 Å². The van der Waals surface area contributed by atoms with Gasteiger partial charge in [0.05, 0.1) is 28.4 Å². The third-order valence-electron chi connectivity index (χ3n) is 10.9.